The smallest absolute Gasteiger partial charge is 0.154 e. The Balaban J connectivity index is 2.05. The second-order valence-corrected chi connectivity index (χ2v) is 7.62. The summed E-state index contributed by atoms with van der Waals surface area (Å²) in [7, 11) is -1.32. The SMILES string of the molecule is CNC(CS(=O)(=O)CC1CCCO1)c1cccc(C)c1. The number of sulfone groups is 1. The van der Waals surface area contributed by atoms with Crippen LogP contribution in [-0.2, 0) is 14.6 Å². The molecule has 0 amide bonds. The third-order valence-electron chi connectivity index (χ3n) is 3.68. The molecule has 2 unspecified atom stereocenters. The molecule has 0 saturated carbocycles. The van der Waals surface area contributed by atoms with Crippen LogP contribution in [0.1, 0.15) is 30.0 Å². The van der Waals surface area contributed by atoms with Crippen LogP contribution in [0.5, 0.6) is 0 Å². The summed E-state index contributed by atoms with van der Waals surface area (Å²) in [5.74, 6) is 0.254. The van der Waals surface area contributed by atoms with E-state index in [4.69, 9.17) is 4.74 Å². The van der Waals surface area contributed by atoms with Gasteiger partial charge in [-0.1, -0.05) is 29.8 Å². The molecule has 2 atom stereocenters. The summed E-state index contributed by atoms with van der Waals surface area (Å²) in [6.45, 7) is 2.70. The van der Waals surface area contributed by atoms with E-state index in [-0.39, 0.29) is 23.7 Å². The van der Waals surface area contributed by atoms with Gasteiger partial charge >= 0.3 is 0 Å². The molecular formula is C15H23NO3S. The van der Waals surface area contributed by atoms with Crippen LogP contribution in [0, 0.1) is 6.92 Å². The minimum atomic E-state index is -3.12. The van der Waals surface area contributed by atoms with Crippen molar-refractivity contribution in [2.45, 2.75) is 31.9 Å². The van der Waals surface area contributed by atoms with Crippen LogP contribution in [0.4, 0.5) is 0 Å². The van der Waals surface area contributed by atoms with Gasteiger partial charge in [0, 0.05) is 12.6 Å². The molecule has 2 rings (SSSR count). The number of aryl methyl sites for hydroxylation is 1. The van der Waals surface area contributed by atoms with Crippen LogP contribution >= 0.6 is 0 Å². The molecule has 0 spiro atoms. The van der Waals surface area contributed by atoms with Crippen molar-refractivity contribution in [1.82, 2.24) is 5.32 Å². The molecule has 112 valence electrons. The highest BCUT2D eigenvalue weighted by Crippen LogP contribution is 2.19. The van der Waals surface area contributed by atoms with Crippen molar-refractivity contribution in [1.29, 1.82) is 0 Å². The predicted molar refractivity (Wildman–Crippen MR) is 80.6 cm³/mol. The number of rotatable bonds is 6. The van der Waals surface area contributed by atoms with E-state index in [0.717, 1.165) is 24.0 Å². The van der Waals surface area contributed by atoms with Crippen molar-refractivity contribution in [2.75, 3.05) is 25.2 Å². The number of benzene rings is 1. The first-order chi connectivity index (χ1) is 9.50. The molecule has 1 heterocycles. The molecule has 1 saturated heterocycles. The fraction of sp³-hybridized carbons (Fsp3) is 0.600. The predicted octanol–water partition coefficient (Wildman–Crippen LogP) is 1.85. The van der Waals surface area contributed by atoms with Crippen LogP contribution < -0.4 is 5.32 Å². The third-order valence-corrected chi connectivity index (χ3v) is 5.40. The van der Waals surface area contributed by atoms with Gasteiger partial charge in [-0.2, -0.15) is 0 Å². The van der Waals surface area contributed by atoms with E-state index in [1.807, 2.05) is 31.2 Å². The number of ether oxygens (including phenoxy) is 1. The first-order valence-electron chi connectivity index (χ1n) is 7.06. The van der Waals surface area contributed by atoms with Gasteiger partial charge in [0.1, 0.15) is 0 Å². The number of hydrogen-bond donors (Lipinski definition) is 1. The van der Waals surface area contributed by atoms with Crippen molar-refractivity contribution in [2.24, 2.45) is 0 Å². The van der Waals surface area contributed by atoms with Gasteiger partial charge in [0.15, 0.2) is 9.84 Å². The summed E-state index contributed by atoms with van der Waals surface area (Å²) >= 11 is 0. The Morgan fingerprint density at radius 3 is 2.85 bits per heavy atom. The average Bonchev–Trinajstić information content (AvgIpc) is 2.88. The lowest BCUT2D eigenvalue weighted by Crippen LogP contribution is -2.30. The molecule has 1 fully saturated rings. The Morgan fingerprint density at radius 1 is 1.45 bits per heavy atom. The molecule has 1 N–H and O–H groups in total. The van der Waals surface area contributed by atoms with Crippen molar-refractivity contribution < 1.29 is 13.2 Å². The van der Waals surface area contributed by atoms with Gasteiger partial charge in [-0.3, -0.25) is 0 Å². The highest BCUT2D eigenvalue weighted by molar-refractivity contribution is 7.91. The molecule has 0 radical (unpaired) electrons. The van der Waals surface area contributed by atoms with E-state index >= 15 is 0 Å². The highest BCUT2D eigenvalue weighted by atomic mass is 32.2. The molecular weight excluding hydrogens is 274 g/mol. The molecule has 0 bridgehead atoms. The van der Waals surface area contributed by atoms with Crippen molar-refractivity contribution in [3.63, 3.8) is 0 Å². The molecule has 1 aliphatic heterocycles. The molecule has 5 heteroatoms. The largest absolute Gasteiger partial charge is 0.377 e. The van der Waals surface area contributed by atoms with E-state index in [9.17, 15) is 8.42 Å². The van der Waals surface area contributed by atoms with E-state index in [2.05, 4.69) is 5.32 Å². The first kappa shape index (κ1) is 15.5. The van der Waals surface area contributed by atoms with Gasteiger partial charge in [-0.25, -0.2) is 8.42 Å². The maximum absolute atomic E-state index is 12.3. The second-order valence-electron chi connectivity index (χ2n) is 5.47. The zero-order valence-electron chi connectivity index (χ0n) is 12.1. The maximum Gasteiger partial charge on any atom is 0.154 e. The van der Waals surface area contributed by atoms with Gasteiger partial charge < -0.3 is 10.1 Å². The summed E-state index contributed by atoms with van der Waals surface area (Å²) in [4.78, 5) is 0. The van der Waals surface area contributed by atoms with E-state index < -0.39 is 9.84 Å². The Bertz CT molecular complexity index is 536. The van der Waals surface area contributed by atoms with Gasteiger partial charge in [0.2, 0.25) is 0 Å². The summed E-state index contributed by atoms with van der Waals surface area (Å²) in [6.07, 6.45) is 1.71. The fourth-order valence-corrected chi connectivity index (χ4v) is 4.45. The third kappa shape index (κ3) is 4.30. The summed E-state index contributed by atoms with van der Waals surface area (Å²) in [6, 6.07) is 7.80. The maximum atomic E-state index is 12.3. The Morgan fingerprint density at radius 2 is 2.25 bits per heavy atom. The lowest BCUT2D eigenvalue weighted by molar-refractivity contribution is 0.127. The van der Waals surface area contributed by atoms with Crippen LogP contribution in [0.15, 0.2) is 24.3 Å². The molecule has 0 aromatic heterocycles. The van der Waals surface area contributed by atoms with Crippen molar-refractivity contribution >= 4 is 9.84 Å². The minimum Gasteiger partial charge on any atom is -0.377 e. The Labute approximate surface area is 121 Å². The summed E-state index contributed by atoms with van der Waals surface area (Å²) < 4.78 is 30.0. The molecule has 1 aromatic rings. The summed E-state index contributed by atoms with van der Waals surface area (Å²) in [5.41, 5.74) is 2.16. The van der Waals surface area contributed by atoms with Gasteiger partial charge in [-0.15, -0.1) is 0 Å². The van der Waals surface area contributed by atoms with Gasteiger partial charge in [-0.05, 0) is 32.4 Å². The van der Waals surface area contributed by atoms with Crippen LogP contribution in [0.25, 0.3) is 0 Å². The number of hydrogen-bond acceptors (Lipinski definition) is 4. The summed E-state index contributed by atoms with van der Waals surface area (Å²) in [5, 5.41) is 3.11. The average molecular weight is 297 g/mol. The van der Waals surface area contributed by atoms with E-state index in [0.29, 0.717) is 6.61 Å². The van der Waals surface area contributed by atoms with Crippen LogP contribution in [0.2, 0.25) is 0 Å². The van der Waals surface area contributed by atoms with Crippen molar-refractivity contribution in [3.05, 3.63) is 35.4 Å². The second kappa shape index (κ2) is 6.70. The zero-order chi connectivity index (χ0) is 14.6. The lowest BCUT2D eigenvalue weighted by Gasteiger charge is -2.18. The topological polar surface area (TPSA) is 55.4 Å². The Hall–Kier alpha value is -0.910. The molecule has 20 heavy (non-hydrogen) atoms. The molecule has 1 aliphatic rings. The Kier molecular flexibility index (Phi) is 5.18. The quantitative estimate of drug-likeness (QED) is 0.870. The lowest BCUT2D eigenvalue weighted by atomic mass is 10.1. The van der Waals surface area contributed by atoms with Crippen molar-refractivity contribution in [3.8, 4) is 0 Å². The zero-order valence-corrected chi connectivity index (χ0v) is 12.9. The first-order valence-corrected chi connectivity index (χ1v) is 8.88. The normalized spacial score (nSPS) is 21.0. The molecule has 0 aliphatic carbocycles. The van der Waals surface area contributed by atoms with E-state index in [1.54, 1.807) is 7.05 Å². The van der Waals surface area contributed by atoms with E-state index in [1.165, 1.54) is 0 Å². The van der Waals surface area contributed by atoms with Crippen LogP contribution in [0.3, 0.4) is 0 Å². The monoisotopic (exact) mass is 297 g/mol. The molecule has 1 aromatic carbocycles. The molecule has 4 nitrogen and oxygen atoms in total. The highest BCUT2D eigenvalue weighted by Gasteiger charge is 2.26. The number of nitrogens with one attached hydrogen (secondary N) is 1. The van der Waals surface area contributed by atoms with Crippen LogP contribution in [-0.4, -0.2) is 39.7 Å². The van der Waals surface area contributed by atoms with Gasteiger partial charge in [0.05, 0.1) is 17.6 Å². The van der Waals surface area contributed by atoms with Gasteiger partial charge in [0.25, 0.3) is 0 Å². The minimum absolute atomic E-state index is 0.116. The standard InChI is InChI=1S/C15H23NO3S/c1-12-5-3-6-13(9-12)15(16-2)11-20(17,18)10-14-7-4-8-19-14/h3,5-6,9,14-16H,4,7-8,10-11H2,1-2H3. The fourth-order valence-electron chi connectivity index (χ4n) is 2.61.